The van der Waals surface area contributed by atoms with Crippen molar-refractivity contribution in [3.05, 3.63) is 72.1 Å². The Labute approximate surface area is 194 Å². The molecule has 2 N–H and O–H groups in total. The number of pyridine rings is 1. The molecule has 0 saturated carbocycles. The molecular formula is C23H22FN7O3. The highest BCUT2D eigenvalue weighted by molar-refractivity contribution is 6.45. The van der Waals surface area contributed by atoms with E-state index in [1.165, 1.54) is 11.1 Å². The van der Waals surface area contributed by atoms with E-state index in [1.807, 2.05) is 6.07 Å². The molecule has 2 aliphatic heterocycles. The maximum Gasteiger partial charge on any atom is 0.295 e. The minimum absolute atomic E-state index is 0.00920. The van der Waals surface area contributed by atoms with Crippen LogP contribution in [0.15, 0.2) is 55.1 Å². The topological polar surface area (TPSA) is 105 Å². The predicted molar refractivity (Wildman–Crippen MR) is 122 cm³/mol. The van der Waals surface area contributed by atoms with Crippen LogP contribution >= 0.6 is 0 Å². The lowest BCUT2D eigenvalue weighted by atomic mass is 10.1. The number of amides is 2. The molecule has 0 aliphatic carbocycles. The largest absolute Gasteiger partial charge is 0.357 e. The molecule has 5 rings (SSSR count). The highest BCUT2D eigenvalue weighted by Crippen LogP contribution is 2.30. The maximum atomic E-state index is 14.7. The molecule has 0 unspecified atom stereocenters. The molecule has 11 heteroatoms. The Morgan fingerprint density at radius 2 is 1.74 bits per heavy atom. The first-order valence-corrected chi connectivity index (χ1v) is 10.7. The van der Waals surface area contributed by atoms with Gasteiger partial charge in [-0.1, -0.05) is 18.2 Å². The number of hydrogen-bond donors (Lipinski definition) is 2. The number of hydrogen-bond acceptors (Lipinski definition) is 7. The van der Waals surface area contributed by atoms with E-state index in [-0.39, 0.29) is 29.9 Å². The second kappa shape index (κ2) is 8.60. The highest BCUT2D eigenvalue weighted by atomic mass is 19.1. The summed E-state index contributed by atoms with van der Waals surface area (Å²) in [6.07, 6.45) is 5.74. The Hall–Kier alpha value is -4.25. The number of piperazine rings is 1. The van der Waals surface area contributed by atoms with E-state index >= 15 is 0 Å². The number of fused-ring (bicyclic) bond motifs is 1. The van der Waals surface area contributed by atoms with Crippen LogP contribution < -0.4 is 10.4 Å². The number of carbonyl (C=O) groups excluding carboxylic acids is 3. The molecule has 4 heterocycles. The Morgan fingerprint density at radius 3 is 2.41 bits per heavy atom. The molecule has 2 aliphatic rings. The zero-order valence-electron chi connectivity index (χ0n) is 18.4. The molecular weight excluding hydrogens is 441 g/mol. The number of Topliss-reactive ketones (excluding diaryl/α,β-unsaturated/α-hetero) is 1. The van der Waals surface area contributed by atoms with Gasteiger partial charge in [-0.15, -0.1) is 5.12 Å². The average Bonchev–Trinajstić information content (AvgIpc) is 3.51. The molecule has 1 fully saturated rings. The summed E-state index contributed by atoms with van der Waals surface area (Å²) in [7, 11) is 1.75. The highest BCUT2D eigenvalue weighted by Gasteiger charge is 2.32. The first-order chi connectivity index (χ1) is 16.5. The number of H-pyrrole nitrogens is 1. The third-order valence-corrected chi connectivity index (χ3v) is 5.97. The molecule has 3 aromatic rings. The third kappa shape index (κ3) is 3.65. The van der Waals surface area contributed by atoms with Gasteiger partial charge in [-0.3, -0.25) is 14.4 Å². The standard InChI is InChI=1S/C23H22FN7O3/c1-28-27-7-8-31(28)21-19-18(17(24)14-26-21)16(13-25-19)20(32)23(34)30-11-9-29(10-12-30)22(33)15-5-3-2-4-6-15/h2-8,13-14,25,27H,9-12H2,1H3. The van der Waals surface area contributed by atoms with E-state index in [4.69, 9.17) is 0 Å². The SMILES string of the molecule is CN1NC=CN1c1ncc(F)c2c(C(=O)C(=O)N3CCN(C(=O)c4ccccc4)CC3)c[nH]c12. The molecule has 10 nitrogen and oxygen atoms in total. The Morgan fingerprint density at radius 1 is 1.03 bits per heavy atom. The van der Waals surface area contributed by atoms with Crippen LogP contribution in [0.2, 0.25) is 0 Å². The number of rotatable bonds is 4. The maximum absolute atomic E-state index is 14.7. The van der Waals surface area contributed by atoms with E-state index in [1.54, 1.807) is 58.7 Å². The zero-order chi connectivity index (χ0) is 23.8. The molecule has 0 bridgehead atoms. The van der Waals surface area contributed by atoms with Crippen LogP contribution in [0.25, 0.3) is 10.9 Å². The number of benzene rings is 1. The second-order valence-corrected chi connectivity index (χ2v) is 7.97. The van der Waals surface area contributed by atoms with Crippen molar-refractivity contribution in [1.29, 1.82) is 0 Å². The lowest BCUT2D eigenvalue weighted by molar-refractivity contribution is -0.127. The normalized spacial score (nSPS) is 16.2. The number of ketones is 1. The van der Waals surface area contributed by atoms with Crippen LogP contribution in [0.5, 0.6) is 0 Å². The molecule has 2 aromatic heterocycles. The van der Waals surface area contributed by atoms with Gasteiger partial charge < -0.3 is 20.2 Å². The number of carbonyl (C=O) groups is 3. The summed E-state index contributed by atoms with van der Waals surface area (Å²) in [5, 5.41) is 3.27. The van der Waals surface area contributed by atoms with E-state index in [0.29, 0.717) is 30.0 Å². The van der Waals surface area contributed by atoms with Crippen molar-refractivity contribution in [1.82, 2.24) is 30.3 Å². The van der Waals surface area contributed by atoms with Crippen molar-refractivity contribution >= 4 is 34.3 Å². The zero-order valence-corrected chi connectivity index (χ0v) is 18.4. The van der Waals surface area contributed by atoms with Crippen LogP contribution in [-0.4, -0.2) is 75.7 Å². The molecule has 34 heavy (non-hydrogen) atoms. The molecule has 0 atom stereocenters. The van der Waals surface area contributed by atoms with Gasteiger partial charge in [-0.2, -0.15) is 0 Å². The van der Waals surface area contributed by atoms with Gasteiger partial charge in [-0.25, -0.2) is 14.4 Å². The van der Waals surface area contributed by atoms with Crippen LogP contribution in [0.1, 0.15) is 20.7 Å². The van der Waals surface area contributed by atoms with Gasteiger partial charge in [0.15, 0.2) is 11.6 Å². The van der Waals surface area contributed by atoms with Crippen LogP contribution in [0, 0.1) is 5.82 Å². The van der Waals surface area contributed by atoms with Crippen molar-refractivity contribution in [2.24, 2.45) is 0 Å². The smallest absolute Gasteiger partial charge is 0.295 e. The average molecular weight is 463 g/mol. The fraction of sp³-hybridized carbons (Fsp3) is 0.217. The van der Waals surface area contributed by atoms with Crippen LogP contribution in [-0.2, 0) is 4.79 Å². The van der Waals surface area contributed by atoms with Crippen molar-refractivity contribution in [3.63, 3.8) is 0 Å². The van der Waals surface area contributed by atoms with Gasteiger partial charge in [-0.05, 0) is 12.1 Å². The number of nitrogens with one attached hydrogen (secondary N) is 2. The quantitative estimate of drug-likeness (QED) is 0.446. The Balaban J connectivity index is 1.33. The third-order valence-electron chi connectivity index (χ3n) is 5.97. The Kier molecular flexibility index (Phi) is 5.46. The van der Waals surface area contributed by atoms with Crippen molar-refractivity contribution in [2.75, 3.05) is 38.2 Å². The van der Waals surface area contributed by atoms with Crippen molar-refractivity contribution in [2.45, 2.75) is 0 Å². The summed E-state index contributed by atoms with van der Waals surface area (Å²) in [6.45, 7) is 1.05. The lowest BCUT2D eigenvalue weighted by Gasteiger charge is -2.34. The minimum atomic E-state index is -0.812. The summed E-state index contributed by atoms with van der Waals surface area (Å²) in [6, 6.07) is 8.90. The van der Waals surface area contributed by atoms with E-state index in [0.717, 1.165) is 6.20 Å². The predicted octanol–water partition coefficient (Wildman–Crippen LogP) is 1.51. The molecule has 0 radical (unpaired) electrons. The summed E-state index contributed by atoms with van der Waals surface area (Å²) in [4.78, 5) is 48.8. The molecule has 0 spiro atoms. The number of halogens is 1. The van der Waals surface area contributed by atoms with E-state index < -0.39 is 17.5 Å². The van der Waals surface area contributed by atoms with Gasteiger partial charge in [0, 0.05) is 57.4 Å². The molecule has 1 aromatic carbocycles. The number of aromatic nitrogens is 2. The van der Waals surface area contributed by atoms with Crippen molar-refractivity contribution in [3.8, 4) is 0 Å². The van der Waals surface area contributed by atoms with Gasteiger partial charge in [0.1, 0.15) is 0 Å². The number of anilines is 1. The Bertz CT molecular complexity index is 1300. The van der Waals surface area contributed by atoms with E-state index in [2.05, 4.69) is 15.4 Å². The summed E-state index contributed by atoms with van der Waals surface area (Å²) >= 11 is 0. The molecule has 2 amide bonds. The molecule has 174 valence electrons. The summed E-state index contributed by atoms with van der Waals surface area (Å²) in [5.41, 5.74) is 3.76. The van der Waals surface area contributed by atoms with E-state index in [9.17, 15) is 18.8 Å². The van der Waals surface area contributed by atoms with Gasteiger partial charge in [0.2, 0.25) is 0 Å². The number of hydrazine groups is 2. The fourth-order valence-electron chi connectivity index (χ4n) is 4.17. The second-order valence-electron chi connectivity index (χ2n) is 7.97. The first kappa shape index (κ1) is 21.6. The van der Waals surface area contributed by atoms with Gasteiger partial charge in [0.25, 0.3) is 17.6 Å². The number of nitrogens with zero attached hydrogens (tertiary/aromatic N) is 5. The fourth-order valence-corrected chi connectivity index (χ4v) is 4.17. The monoisotopic (exact) mass is 463 g/mol. The molecule has 1 saturated heterocycles. The summed E-state index contributed by atoms with van der Waals surface area (Å²) < 4.78 is 14.7. The van der Waals surface area contributed by atoms with Gasteiger partial charge in [0.05, 0.1) is 22.7 Å². The van der Waals surface area contributed by atoms with Crippen LogP contribution in [0.4, 0.5) is 10.2 Å². The lowest BCUT2D eigenvalue weighted by Crippen LogP contribution is -2.52. The first-order valence-electron chi connectivity index (χ1n) is 10.7. The number of aromatic amines is 1. The van der Waals surface area contributed by atoms with Crippen molar-refractivity contribution < 1.29 is 18.8 Å². The minimum Gasteiger partial charge on any atom is -0.357 e. The van der Waals surface area contributed by atoms with Gasteiger partial charge >= 0.3 is 0 Å². The summed E-state index contributed by atoms with van der Waals surface area (Å²) in [5.74, 6) is -1.99. The van der Waals surface area contributed by atoms with Crippen LogP contribution in [0.3, 0.4) is 0 Å².